The van der Waals surface area contributed by atoms with E-state index in [-0.39, 0.29) is 11.3 Å². The van der Waals surface area contributed by atoms with E-state index in [0.717, 1.165) is 0 Å². The van der Waals surface area contributed by atoms with Crippen molar-refractivity contribution in [1.29, 1.82) is 0 Å². The number of fused-ring (bicyclic) bond motifs is 1. The molecular weight excluding hydrogens is 172 g/mol. The number of hydrogen-bond donors (Lipinski definition) is 3. The van der Waals surface area contributed by atoms with Crippen molar-refractivity contribution in [2.75, 3.05) is 0 Å². The van der Waals surface area contributed by atoms with Crippen LogP contribution in [0.15, 0.2) is 18.3 Å². The Bertz CT molecular complexity index is 475. The van der Waals surface area contributed by atoms with Gasteiger partial charge in [0.15, 0.2) is 0 Å². The summed E-state index contributed by atoms with van der Waals surface area (Å²) < 4.78 is 0. The van der Waals surface area contributed by atoms with Crippen molar-refractivity contribution < 1.29 is 15.0 Å². The average molecular weight is 178 g/mol. The molecule has 2 rings (SSSR count). The lowest BCUT2D eigenvalue weighted by Crippen LogP contribution is -1.96. The summed E-state index contributed by atoms with van der Waals surface area (Å²) in [7, 11) is 0. The van der Waals surface area contributed by atoms with Crippen LogP contribution in [0.1, 0.15) is 10.4 Å². The average Bonchev–Trinajstić information content (AvgIpc) is 2.48. The molecule has 66 valence electrons. The van der Waals surface area contributed by atoms with E-state index in [1.165, 1.54) is 18.3 Å². The lowest BCUT2D eigenvalue weighted by Gasteiger charge is -1.98. The molecule has 0 fully saturated rings. The third kappa shape index (κ3) is 1.10. The molecule has 0 atom stereocenters. The summed E-state index contributed by atoms with van der Waals surface area (Å²) in [6, 6.07) is 2.71. The molecule has 2 aromatic rings. The largest absolute Gasteiger partial charge is 0.507 e. The molecule has 0 amide bonds. The molecule has 5 nitrogen and oxygen atoms in total. The maximum absolute atomic E-state index is 10.6. The van der Waals surface area contributed by atoms with Gasteiger partial charge in [-0.3, -0.25) is 5.10 Å². The van der Waals surface area contributed by atoms with Gasteiger partial charge in [-0.1, -0.05) is 0 Å². The van der Waals surface area contributed by atoms with Crippen molar-refractivity contribution >= 4 is 16.9 Å². The van der Waals surface area contributed by atoms with Crippen LogP contribution in [0.3, 0.4) is 0 Å². The van der Waals surface area contributed by atoms with E-state index in [1.807, 2.05) is 0 Å². The summed E-state index contributed by atoms with van der Waals surface area (Å²) >= 11 is 0. The number of carbonyl (C=O) groups is 1. The second-order valence-corrected chi connectivity index (χ2v) is 2.63. The van der Waals surface area contributed by atoms with E-state index in [1.54, 1.807) is 0 Å². The number of phenols is 1. The van der Waals surface area contributed by atoms with Crippen molar-refractivity contribution in [1.82, 2.24) is 10.2 Å². The van der Waals surface area contributed by atoms with Gasteiger partial charge in [-0.25, -0.2) is 4.79 Å². The molecule has 0 aliphatic heterocycles. The molecule has 1 aromatic carbocycles. The van der Waals surface area contributed by atoms with Crippen LogP contribution in [0.5, 0.6) is 5.75 Å². The lowest BCUT2D eigenvalue weighted by molar-refractivity contribution is 0.0694. The summed E-state index contributed by atoms with van der Waals surface area (Å²) in [4.78, 5) is 10.6. The second-order valence-electron chi connectivity index (χ2n) is 2.63. The summed E-state index contributed by atoms with van der Waals surface area (Å²) in [6.45, 7) is 0. The van der Waals surface area contributed by atoms with Crippen LogP contribution >= 0.6 is 0 Å². The molecule has 0 saturated heterocycles. The number of aromatic amines is 1. The first kappa shape index (κ1) is 7.60. The van der Waals surface area contributed by atoms with E-state index in [4.69, 9.17) is 5.11 Å². The van der Waals surface area contributed by atoms with Crippen LogP contribution in [0.25, 0.3) is 10.9 Å². The molecule has 0 radical (unpaired) electrons. The normalized spacial score (nSPS) is 10.5. The minimum absolute atomic E-state index is 0.128. The Morgan fingerprint density at radius 1 is 1.46 bits per heavy atom. The fourth-order valence-electron chi connectivity index (χ4n) is 1.15. The highest BCUT2D eigenvalue weighted by Crippen LogP contribution is 2.23. The monoisotopic (exact) mass is 178 g/mol. The molecule has 0 spiro atoms. The van der Waals surface area contributed by atoms with E-state index in [0.29, 0.717) is 10.9 Å². The van der Waals surface area contributed by atoms with Gasteiger partial charge in [0.2, 0.25) is 0 Å². The number of carboxylic acids is 1. The van der Waals surface area contributed by atoms with E-state index in [9.17, 15) is 9.90 Å². The van der Waals surface area contributed by atoms with Gasteiger partial charge in [0.05, 0.1) is 11.7 Å². The Kier molecular flexibility index (Phi) is 1.45. The second kappa shape index (κ2) is 2.48. The van der Waals surface area contributed by atoms with Crippen LogP contribution in [0.4, 0.5) is 0 Å². The number of aromatic nitrogens is 2. The fourth-order valence-corrected chi connectivity index (χ4v) is 1.15. The fraction of sp³-hybridized carbons (Fsp3) is 0. The Morgan fingerprint density at radius 3 is 2.92 bits per heavy atom. The summed E-state index contributed by atoms with van der Waals surface area (Å²) in [5, 5.41) is 25.0. The summed E-state index contributed by atoms with van der Waals surface area (Å²) in [5.74, 6) is -1.41. The first-order chi connectivity index (χ1) is 6.18. The van der Waals surface area contributed by atoms with E-state index >= 15 is 0 Å². The zero-order valence-corrected chi connectivity index (χ0v) is 6.48. The molecule has 1 heterocycles. The molecule has 13 heavy (non-hydrogen) atoms. The SMILES string of the molecule is O=C(O)c1cc2[nH]ncc2cc1O. The first-order valence-electron chi connectivity index (χ1n) is 3.58. The van der Waals surface area contributed by atoms with Crippen molar-refractivity contribution in [3.8, 4) is 5.75 Å². The van der Waals surface area contributed by atoms with Gasteiger partial charge >= 0.3 is 5.97 Å². The zero-order valence-electron chi connectivity index (χ0n) is 6.48. The van der Waals surface area contributed by atoms with Crippen LogP contribution in [0, 0.1) is 0 Å². The smallest absolute Gasteiger partial charge is 0.339 e. The standard InChI is InChI=1S/C8H6N2O3/c11-7-1-4-3-9-10-6(4)2-5(7)8(12)13/h1-3,11H,(H,9,10)(H,12,13). The Labute approximate surface area is 72.6 Å². The number of hydrogen-bond acceptors (Lipinski definition) is 3. The molecule has 5 heteroatoms. The quantitative estimate of drug-likeness (QED) is 0.607. The van der Waals surface area contributed by atoms with Crippen molar-refractivity contribution in [3.63, 3.8) is 0 Å². The highest BCUT2D eigenvalue weighted by Gasteiger charge is 2.10. The first-order valence-corrected chi connectivity index (χ1v) is 3.58. The Balaban J connectivity index is 2.76. The van der Waals surface area contributed by atoms with E-state index in [2.05, 4.69) is 10.2 Å². The van der Waals surface area contributed by atoms with Crippen LogP contribution in [-0.4, -0.2) is 26.4 Å². The number of nitrogens with zero attached hydrogens (tertiary/aromatic N) is 1. The molecule has 0 aliphatic carbocycles. The van der Waals surface area contributed by atoms with Gasteiger partial charge in [-0.05, 0) is 12.1 Å². The highest BCUT2D eigenvalue weighted by atomic mass is 16.4. The van der Waals surface area contributed by atoms with Crippen LogP contribution in [0.2, 0.25) is 0 Å². The van der Waals surface area contributed by atoms with Crippen LogP contribution in [-0.2, 0) is 0 Å². The van der Waals surface area contributed by atoms with Gasteiger partial charge in [-0.2, -0.15) is 5.10 Å². The third-order valence-corrected chi connectivity index (χ3v) is 1.79. The molecular formula is C8H6N2O3. The summed E-state index contributed by atoms with van der Waals surface area (Å²) in [5.41, 5.74) is 0.465. The van der Waals surface area contributed by atoms with Crippen molar-refractivity contribution in [3.05, 3.63) is 23.9 Å². The molecule has 1 aromatic heterocycles. The maximum Gasteiger partial charge on any atom is 0.339 e. The molecule has 0 saturated carbocycles. The molecule has 0 aliphatic rings. The minimum Gasteiger partial charge on any atom is -0.507 e. The van der Waals surface area contributed by atoms with Gasteiger partial charge in [-0.15, -0.1) is 0 Å². The predicted octanol–water partition coefficient (Wildman–Crippen LogP) is 0.967. The third-order valence-electron chi connectivity index (χ3n) is 1.79. The number of rotatable bonds is 1. The zero-order chi connectivity index (χ0) is 9.42. The predicted molar refractivity (Wildman–Crippen MR) is 44.7 cm³/mol. The van der Waals surface area contributed by atoms with E-state index < -0.39 is 5.97 Å². The van der Waals surface area contributed by atoms with Crippen molar-refractivity contribution in [2.45, 2.75) is 0 Å². The molecule has 0 bridgehead atoms. The number of H-pyrrole nitrogens is 1. The van der Waals surface area contributed by atoms with Gasteiger partial charge < -0.3 is 10.2 Å². The van der Waals surface area contributed by atoms with Crippen molar-refractivity contribution in [2.24, 2.45) is 0 Å². The Hall–Kier alpha value is -2.04. The lowest BCUT2D eigenvalue weighted by atomic mass is 10.1. The number of aromatic carboxylic acids is 1. The van der Waals surface area contributed by atoms with Gasteiger partial charge in [0.25, 0.3) is 0 Å². The maximum atomic E-state index is 10.6. The number of carboxylic acid groups (broad SMARTS) is 1. The van der Waals surface area contributed by atoms with Crippen LogP contribution < -0.4 is 0 Å². The number of nitrogens with one attached hydrogen (secondary N) is 1. The van der Waals surface area contributed by atoms with Gasteiger partial charge in [0, 0.05) is 5.39 Å². The van der Waals surface area contributed by atoms with Gasteiger partial charge in [0.1, 0.15) is 11.3 Å². The highest BCUT2D eigenvalue weighted by molar-refractivity contribution is 5.96. The Morgan fingerprint density at radius 2 is 2.23 bits per heavy atom. The molecule has 3 N–H and O–H groups in total. The number of benzene rings is 1. The minimum atomic E-state index is -1.16. The number of aromatic hydroxyl groups is 1. The topological polar surface area (TPSA) is 86.2 Å². The summed E-state index contributed by atoms with van der Waals surface area (Å²) in [6.07, 6.45) is 1.51. The molecule has 0 unspecified atom stereocenters.